The average molecular weight is 456 g/mol. The normalized spacial score (nSPS) is 20.8. The molecule has 8 nitrogen and oxygen atoms in total. The molecule has 1 unspecified atom stereocenters. The van der Waals surface area contributed by atoms with Crippen molar-refractivity contribution in [2.75, 3.05) is 31.2 Å². The van der Waals surface area contributed by atoms with E-state index in [1.807, 2.05) is 24.8 Å². The summed E-state index contributed by atoms with van der Waals surface area (Å²) in [5.41, 5.74) is 12.0. The maximum Gasteiger partial charge on any atom is 0.130 e. The Bertz CT molecular complexity index is 1280. The molecule has 2 fully saturated rings. The highest BCUT2D eigenvalue weighted by molar-refractivity contribution is 5.96. The lowest BCUT2D eigenvalue weighted by molar-refractivity contribution is 0.0986. The van der Waals surface area contributed by atoms with E-state index >= 15 is 0 Å². The third kappa shape index (κ3) is 3.94. The number of morpholine rings is 1. The summed E-state index contributed by atoms with van der Waals surface area (Å²) in [6.07, 6.45) is 6.75. The van der Waals surface area contributed by atoms with Crippen molar-refractivity contribution in [3.8, 4) is 11.3 Å². The molecule has 0 amide bonds. The van der Waals surface area contributed by atoms with Gasteiger partial charge in [-0.2, -0.15) is 0 Å². The van der Waals surface area contributed by atoms with Crippen molar-refractivity contribution < 1.29 is 4.74 Å². The van der Waals surface area contributed by atoms with Crippen LogP contribution in [0.1, 0.15) is 30.6 Å². The molecule has 3 aromatic heterocycles. The van der Waals surface area contributed by atoms with E-state index < -0.39 is 0 Å². The van der Waals surface area contributed by atoms with Gasteiger partial charge in [0.25, 0.3) is 0 Å². The topological polar surface area (TPSA) is 80.1 Å². The summed E-state index contributed by atoms with van der Waals surface area (Å²) >= 11 is 0. The van der Waals surface area contributed by atoms with Crippen LogP contribution in [-0.2, 0) is 11.3 Å². The number of aromatic nitrogens is 4. The fourth-order valence-electron chi connectivity index (χ4n) is 4.98. The molecule has 2 N–H and O–H groups in total. The van der Waals surface area contributed by atoms with Gasteiger partial charge < -0.3 is 14.2 Å². The number of hydrazine groups is 1. The molecule has 5 heterocycles. The molecule has 34 heavy (non-hydrogen) atoms. The van der Waals surface area contributed by atoms with Crippen LogP contribution in [0.3, 0.4) is 0 Å². The van der Waals surface area contributed by atoms with Crippen molar-refractivity contribution >= 4 is 16.7 Å². The SMILES string of the molecule is C[C@@H]1COCCN1c1cc(-c2cncn2Cc2ccccc2)c2ccnc(C3CCNN3)c2n1. The van der Waals surface area contributed by atoms with Gasteiger partial charge in [-0.1, -0.05) is 30.3 Å². The van der Waals surface area contributed by atoms with Crippen LogP contribution < -0.4 is 15.8 Å². The van der Waals surface area contributed by atoms with Gasteiger partial charge in [0.15, 0.2) is 0 Å². The lowest BCUT2D eigenvalue weighted by atomic mass is 10.0. The summed E-state index contributed by atoms with van der Waals surface area (Å²) in [6, 6.07) is 15.2. The van der Waals surface area contributed by atoms with E-state index in [1.165, 1.54) is 5.56 Å². The molecule has 174 valence electrons. The molecule has 2 aliphatic heterocycles. The van der Waals surface area contributed by atoms with Crippen LogP contribution in [0.25, 0.3) is 22.2 Å². The van der Waals surface area contributed by atoms with Crippen molar-refractivity contribution in [1.82, 2.24) is 30.4 Å². The van der Waals surface area contributed by atoms with E-state index in [-0.39, 0.29) is 12.1 Å². The lowest BCUT2D eigenvalue weighted by Crippen LogP contribution is -2.44. The van der Waals surface area contributed by atoms with Gasteiger partial charge in [-0.25, -0.2) is 15.4 Å². The molecular weight excluding hydrogens is 426 g/mol. The molecule has 0 saturated carbocycles. The van der Waals surface area contributed by atoms with Gasteiger partial charge in [-0.3, -0.25) is 10.4 Å². The number of fused-ring (bicyclic) bond motifs is 1. The summed E-state index contributed by atoms with van der Waals surface area (Å²) in [4.78, 5) is 16.8. The minimum atomic E-state index is 0.135. The summed E-state index contributed by atoms with van der Waals surface area (Å²) in [6.45, 7) is 6.10. The standard InChI is InChI=1S/C26H29N7O/c1-18-16-34-12-11-33(18)24-13-21(23-14-27-17-32(23)15-19-5-3-2-4-6-19)20-7-9-28-26(25(20)30-24)22-8-10-29-31-22/h2-7,9,13-14,17-18,22,29,31H,8,10-12,15-16H2,1H3/t18-,22?/m1/s1. The highest BCUT2D eigenvalue weighted by Gasteiger charge is 2.26. The molecule has 2 atom stereocenters. The molecule has 6 rings (SSSR count). The maximum atomic E-state index is 5.70. The van der Waals surface area contributed by atoms with Crippen LogP contribution in [0.2, 0.25) is 0 Å². The van der Waals surface area contributed by atoms with Gasteiger partial charge in [-0.05, 0) is 31.0 Å². The summed E-state index contributed by atoms with van der Waals surface area (Å²) in [7, 11) is 0. The summed E-state index contributed by atoms with van der Waals surface area (Å²) < 4.78 is 7.91. The third-order valence-electron chi connectivity index (χ3n) is 6.75. The Labute approximate surface area is 199 Å². The Morgan fingerprint density at radius 2 is 2.09 bits per heavy atom. The van der Waals surface area contributed by atoms with E-state index in [0.29, 0.717) is 13.2 Å². The fourth-order valence-corrected chi connectivity index (χ4v) is 4.98. The molecular formula is C26H29N7O. The Morgan fingerprint density at radius 1 is 1.18 bits per heavy atom. The predicted octanol–water partition coefficient (Wildman–Crippen LogP) is 3.31. The van der Waals surface area contributed by atoms with Gasteiger partial charge in [-0.15, -0.1) is 0 Å². The quantitative estimate of drug-likeness (QED) is 0.478. The van der Waals surface area contributed by atoms with Gasteiger partial charge in [0, 0.05) is 36.8 Å². The molecule has 0 spiro atoms. The van der Waals surface area contributed by atoms with E-state index in [4.69, 9.17) is 14.7 Å². The zero-order valence-electron chi connectivity index (χ0n) is 19.3. The predicted molar refractivity (Wildman–Crippen MR) is 132 cm³/mol. The van der Waals surface area contributed by atoms with Crippen LogP contribution in [0, 0.1) is 0 Å². The number of anilines is 1. The smallest absolute Gasteiger partial charge is 0.130 e. The van der Waals surface area contributed by atoms with Crippen molar-refractivity contribution in [2.24, 2.45) is 0 Å². The number of nitrogens with one attached hydrogen (secondary N) is 2. The molecule has 0 radical (unpaired) electrons. The number of ether oxygens (including phenoxy) is 1. The van der Waals surface area contributed by atoms with Gasteiger partial charge in [0.2, 0.25) is 0 Å². The van der Waals surface area contributed by atoms with Crippen LogP contribution in [-0.4, -0.2) is 51.9 Å². The summed E-state index contributed by atoms with van der Waals surface area (Å²) in [5.74, 6) is 0.964. The largest absolute Gasteiger partial charge is 0.377 e. The zero-order chi connectivity index (χ0) is 22.9. The number of pyridine rings is 2. The molecule has 1 aromatic carbocycles. The lowest BCUT2D eigenvalue weighted by Gasteiger charge is -2.34. The number of benzene rings is 1. The van der Waals surface area contributed by atoms with Gasteiger partial charge >= 0.3 is 0 Å². The number of imidazole rings is 1. The molecule has 0 aliphatic carbocycles. The Balaban J connectivity index is 1.52. The third-order valence-corrected chi connectivity index (χ3v) is 6.75. The molecule has 0 bridgehead atoms. The first-order valence-electron chi connectivity index (χ1n) is 11.9. The van der Waals surface area contributed by atoms with Crippen molar-refractivity contribution in [3.05, 3.63) is 72.4 Å². The first-order valence-corrected chi connectivity index (χ1v) is 11.9. The Morgan fingerprint density at radius 3 is 2.91 bits per heavy atom. The number of hydrogen-bond donors (Lipinski definition) is 2. The molecule has 2 saturated heterocycles. The second-order valence-electron chi connectivity index (χ2n) is 9.04. The van der Waals surface area contributed by atoms with Gasteiger partial charge in [0.1, 0.15) is 5.82 Å². The average Bonchev–Trinajstić information content (AvgIpc) is 3.57. The Kier molecular flexibility index (Phi) is 5.70. The second-order valence-corrected chi connectivity index (χ2v) is 9.04. The number of hydrogen-bond acceptors (Lipinski definition) is 7. The van der Waals surface area contributed by atoms with Crippen LogP contribution in [0.4, 0.5) is 5.82 Å². The fraction of sp³-hybridized carbons (Fsp3) is 0.346. The van der Waals surface area contributed by atoms with Crippen molar-refractivity contribution in [2.45, 2.75) is 32.0 Å². The van der Waals surface area contributed by atoms with Crippen LogP contribution in [0.15, 0.2) is 61.2 Å². The first-order chi connectivity index (χ1) is 16.8. The van der Waals surface area contributed by atoms with E-state index in [1.54, 1.807) is 0 Å². The van der Waals surface area contributed by atoms with Crippen molar-refractivity contribution in [3.63, 3.8) is 0 Å². The minimum absolute atomic E-state index is 0.135. The second kappa shape index (κ2) is 9.13. The monoisotopic (exact) mass is 455 g/mol. The summed E-state index contributed by atoms with van der Waals surface area (Å²) in [5, 5.41) is 1.10. The Hall–Kier alpha value is -3.33. The van der Waals surface area contributed by atoms with Crippen molar-refractivity contribution in [1.29, 1.82) is 0 Å². The number of nitrogens with zero attached hydrogens (tertiary/aromatic N) is 5. The zero-order valence-corrected chi connectivity index (χ0v) is 19.3. The van der Waals surface area contributed by atoms with E-state index in [0.717, 1.165) is 59.7 Å². The highest BCUT2D eigenvalue weighted by Crippen LogP contribution is 2.35. The molecule has 4 aromatic rings. The number of rotatable bonds is 5. The van der Waals surface area contributed by atoms with E-state index in [2.05, 4.69) is 68.6 Å². The van der Waals surface area contributed by atoms with Gasteiger partial charge in [0.05, 0.1) is 54.7 Å². The maximum absolute atomic E-state index is 5.70. The molecule has 2 aliphatic rings. The first kappa shape index (κ1) is 21.2. The molecule has 8 heteroatoms. The minimum Gasteiger partial charge on any atom is -0.377 e. The van der Waals surface area contributed by atoms with E-state index in [9.17, 15) is 0 Å². The van der Waals surface area contributed by atoms with Crippen LogP contribution in [0.5, 0.6) is 0 Å². The van der Waals surface area contributed by atoms with Crippen LogP contribution >= 0.6 is 0 Å². The highest BCUT2D eigenvalue weighted by atomic mass is 16.5.